The SMILES string of the molecule is CCC1(CC)CNCC1c1cccc(Cl)c1. The lowest BCUT2D eigenvalue weighted by atomic mass is 9.71. The smallest absolute Gasteiger partial charge is 0.0408 e. The Hall–Kier alpha value is -0.530. The third kappa shape index (κ3) is 1.99. The van der Waals surface area contributed by atoms with E-state index in [0.717, 1.165) is 18.1 Å². The van der Waals surface area contributed by atoms with Crippen molar-refractivity contribution >= 4 is 11.6 Å². The van der Waals surface area contributed by atoms with Crippen molar-refractivity contribution in [2.75, 3.05) is 13.1 Å². The fraction of sp³-hybridized carbons (Fsp3) is 0.571. The Balaban J connectivity index is 2.32. The van der Waals surface area contributed by atoms with Gasteiger partial charge in [-0.05, 0) is 36.0 Å². The maximum absolute atomic E-state index is 6.08. The molecular formula is C14H20ClN. The summed E-state index contributed by atoms with van der Waals surface area (Å²) in [5, 5.41) is 4.39. The summed E-state index contributed by atoms with van der Waals surface area (Å²) in [5.74, 6) is 0.612. The number of rotatable bonds is 3. The molecule has 1 aliphatic rings. The highest BCUT2D eigenvalue weighted by Crippen LogP contribution is 2.44. The highest BCUT2D eigenvalue weighted by Gasteiger charge is 2.40. The lowest BCUT2D eigenvalue weighted by Gasteiger charge is -2.33. The van der Waals surface area contributed by atoms with E-state index in [1.54, 1.807) is 0 Å². The molecule has 1 fully saturated rings. The molecule has 2 rings (SSSR count). The molecule has 0 radical (unpaired) electrons. The third-order valence-corrected chi connectivity index (χ3v) is 4.46. The van der Waals surface area contributed by atoms with Gasteiger partial charge in [0.05, 0.1) is 0 Å². The predicted octanol–water partition coefficient (Wildman–Crippen LogP) is 3.83. The first-order chi connectivity index (χ1) is 7.72. The molecule has 1 atom stereocenters. The molecule has 1 N–H and O–H groups in total. The molecule has 1 unspecified atom stereocenters. The van der Waals surface area contributed by atoms with Crippen LogP contribution >= 0.6 is 11.6 Å². The fourth-order valence-corrected chi connectivity index (χ4v) is 3.19. The molecule has 2 heteroatoms. The average molecular weight is 238 g/mol. The van der Waals surface area contributed by atoms with Crippen LogP contribution in [0.25, 0.3) is 0 Å². The summed E-state index contributed by atoms with van der Waals surface area (Å²) in [4.78, 5) is 0. The van der Waals surface area contributed by atoms with Crippen LogP contribution in [0.2, 0.25) is 5.02 Å². The predicted molar refractivity (Wildman–Crippen MR) is 70.1 cm³/mol. The van der Waals surface area contributed by atoms with E-state index < -0.39 is 0 Å². The second-order valence-corrected chi connectivity index (χ2v) is 5.24. The largest absolute Gasteiger partial charge is 0.316 e. The van der Waals surface area contributed by atoms with Crippen molar-refractivity contribution in [1.82, 2.24) is 5.32 Å². The molecule has 0 spiro atoms. The number of hydrogen-bond donors (Lipinski definition) is 1. The Morgan fingerprint density at radius 3 is 2.75 bits per heavy atom. The van der Waals surface area contributed by atoms with Gasteiger partial charge in [-0.1, -0.05) is 37.6 Å². The lowest BCUT2D eigenvalue weighted by Crippen LogP contribution is -2.27. The molecule has 1 aliphatic heterocycles. The van der Waals surface area contributed by atoms with E-state index in [0.29, 0.717) is 11.3 Å². The molecule has 16 heavy (non-hydrogen) atoms. The van der Waals surface area contributed by atoms with Gasteiger partial charge in [-0.3, -0.25) is 0 Å². The summed E-state index contributed by atoms with van der Waals surface area (Å²) in [6.07, 6.45) is 2.46. The van der Waals surface area contributed by atoms with E-state index in [4.69, 9.17) is 11.6 Å². The third-order valence-electron chi connectivity index (χ3n) is 4.22. The molecule has 0 amide bonds. The van der Waals surface area contributed by atoms with Crippen LogP contribution in [0.1, 0.15) is 38.2 Å². The van der Waals surface area contributed by atoms with Crippen molar-refractivity contribution in [3.63, 3.8) is 0 Å². The Morgan fingerprint density at radius 1 is 1.38 bits per heavy atom. The Morgan fingerprint density at radius 2 is 2.12 bits per heavy atom. The van der Waals surface area contributed by atoms with E-state index >= 15 is 0 Å². The fourth-order valence-electron chi connectivity index (χ4n) is 2.99. The molecule has 1 heterocycles. The normalized spacial score (nSPS) is 23.6. The summed E-state index contributed by atoms with van der Waals surface area (Å²) in [5.41, 5.74) is 1.81. The first-order valence-electron chi connectivity index (χ1n) is 6.18. The van der Waals surface area contributed by atoms with Gasteiger partial charge in [0.1, 0.15) is 0 Å². The van der Waals surface area contributed by atoms with Gasteiger partial charge >= 0.3 is 0 Å². The van der Waals surface area contributed by atoms with Crippen molar-refractivity contribution in [2.24, 2.45) is 5.41 Å². The van der Waals surface area contributed by atoms with Crippen molar-refractivity contribution in [3.05, 3.63) is 34.9 Å². The molecule has 1 aromatic rings. The minimum atomic E-state index is 0.421. The van der Waals surface area contributed by atoms with Crippen LogP contribution in [-0.2, 0) is 0 Å². The van der Waals surface area contributed by atoms with Gasteiger partial charge < -0.3 is 5.32 Å². The van der Waals surface area contributed by atoms with Gasteiger partial charge in [0, 0.05) is 24.0 Å². The van der Waals surface area contributed by atoms with Crippen molar-refractivity contribution < 1.29 is 0 Å². The maximum Gasteiger partial charge on any atom is 0.0408 e. The van der Waals surface area contributed by atoms with E-state index in [1.807, 2.05) is 6.07 Å². The zero-order chi connectivity index (χ0) is 11.6. The molecule has 1 nitrogen and oxygen atoms in total. The summed E-state index contributed by atoms with van der Waals surface area (Å²) >= 11 is 6.08. The molecule has 1 aromatic carbocycles. The van der Waals surface area contributed by atoms with Crippen molar-refractivity contribution in [2.45, 2.75) is 32.6 Å². The lowest BCUT2D eigenvalue weighted by molar-refractivity contribution is 0.260. The second kappa shape index (κ2) is 4.77. The molecule has 0 aromatic heterocycles. The molecule has 1 saturated heterocycles. The van der Waals surface area contributed by atoms with Crippen molar-refractivity contribution in [3.8, 4) is 0 Å². The van der Waals surface area contributed by atoms with Crippen LogP contribution in [0.5, 0.6) is 0 Å². The number of halogens is 1. The highest BCUT2D eigenvalue weighted by atomic mass is 35.5. The van der Waals surface area contributed by atoms with Crippen LogP contribution in [0.15, 0.2) is 24.3 Å². The minimum absolute atomic E-state index is 0.421. The van der Waals surface area contributed by atoms with Gasteiger partial charge in [0.25, 0.3) is 0 Å². The number of hydrogen-bond acceptors (Lipinski definition) is 1. The van der Waals surface area contributed by atoms with Gasteiger partial charge in [0.2, 0.25) is 0 Å². The molecule has 0 saturated carbocycles. The van der Waals surface area contributed by atoms with Gasteiger partial charge in [-0.25, -0.2) is 0 Å². The maximum atomic E-state index is 6.08. The summed E-state index contributed by atoms with van der Waals surface area (Å²) in [6.45, 7) is 6.82. The quantitative estimate of drug-likeness (QED) is 0.843. The summed E-state index contributed by atoms with van der Waals surface area (Å²) in [6, 6.07) is 8.35. The van der Waals surface area contributed by atoms with Crippen LogP contribution < -0.4 is 5.32 Å². The minimum Gasteiger partial charge on any atom is -0.316 e. The molecule has 88 valence electrons. The summed E-state index contributed by atoms with van der Waals surface area (Å²) < 4.78 is 0. The second-order valence-electron chi connectivity index (χ2n) is 4.81. The topological polar surface area (TPSA) is 12.0 Å². The molecule has 0 aliphatic carbocycles. The zero-order valence-corrected chi connectivity index (χ0v) is 10.8. The number of benzene rings is 1. The summed E-state index contributed by atoms with van der Waals surface area (Å²) in [7, 11) is 0. The van der Waals surface area contributed by atoms with Crippen LogP contribution in [0.3, 0.4) is 0 Å². The van der Waals surface area contributed by atoms with Gasteiger partial charge in [0.15, 0.2) is 0 Å². The van der Waals surface area contributed by atoms with E-state index in [1.165, 1.54) is 18.4 Å². The first kappa shape index (κ1) is 11.9. The zero-order valence-electron chi connectivity index (χ0n) is 10.1. The van der Waals surface area contributed by atoms with Crippen molar-refractivity contribution in [1.29, 1.82) is 0 Å². The first-order valence-corrected chi connectivity index (χ1v) is 6.56. The Bertz CT molecular complexity index is 358. The van der Waals surface area contributed by atoms with Crippen LogP contribution in [-0.4, -0.2) is 13.1 Å². The Labute approximate surface area is 103 Å². The highest BCUT2D eigenvalue weighted by molar-refractivity contribution is 6.30. The van der Waals surface area contributed by atoms with Crippen LogP contribution in [0, 0.1) is 5.41 Å². The molecule has 0 bridgehead atoms. The number of nitrogens with one attached hydrogen (secondary N) is 1. The van der Waals surface area contributed by atoms with E-state index in [-0.39, 0.29) is 0 Å². The van der Waals surface area contributed by atoms with Gasteiger partial charge in [-0.15, -0.1) is 0 Å². The van der Waals surface area contributed by atoms with E-state index in [9.17, 15) is 0 Å². The average Bonchev–Trinajstić information content (AvgIpc) is 2.73. The standard InChI is InChI=1S/C14H20ClN/c1-3-14(4-2)10-16-9-13(14)11-6-5-7-12(15)8-11/h5-8,13,16H,3-4,9-10H2,1-2H3. The van der Waals surface area contributed by atoms with Gasteiger partial charge in [-0.2, -0.15) is 0 Å². The van der Waals surface area contributed by atoms with Crippen LogP contribution in [0.4, 0.5) is 0 Å². The molecular weight excluding hydrogens is 218 g/mol. The van der Waals surface area contributed by atoms with E-state index in [2.05, 4.69) is 37.4 Å². The Kier molecular flexibility index (Phi) is 3.56. The monoisotopic (exact) mass is 237 g/mol.